The van der Waals surface area contributed by atoms with Gasteiger partial charge in [-0.05, 0) is 42.9 Å². The molecule has 1 fully saturated rings. The molecule has 21 heavy (non-hydrogen) atoms. The Kier molecular flexibility index (Phi) is 5.23. The Labute approximate surface area is 126 Å². The van der Waals surface area contributed by atoms with E-state index >= 15 is 0 Å². The lowest BCUT2D eigenvalue weighted by atomic mass is 9.86. The van der Waals surface area contributed by atoms with Crippen molar-refractivity contribution < 1.29 is 9.90 Å². The number of amides is 1. The molecule has 2 rings (SSSR count). The summed E-state index contributed by atoms with van der Waals surface area (Å²) in [6, 6.07) is 6.68. The first-order valence-corrected chi connectivity index (χ1v) is 7.77. The Morgan fingerprint density at radius 2 is 2.05 bits per heavy atom. The second-order valence-corrected chi connectivity index (χ2v) is 6.35. The molecule has 0 heterocycles. The number of benzene rings is 1. The average molecular weight is 290 g/mol. The van der Waals surface area contributed by atoms with Crippen molar-refractivity contribution in [3.8, 4) is 5.75 Å². The number of phenols is 1. The third-order valence-corrected chi connectivity index (χ3v) is 4.51. The zero-order chi connectivity index (χ0) is 15.4. The number of aromatic hydroxyl groups is 1. The van der Waals surface area contributed by atoms with Gasteiger partial charge in [0.15, 0.2) is 0 Å². The van der Waals surface area contributed by atoms with Crippen LogP contribution in [0.25, 0.3) is 0 Å². The molecule has 1 aromatic rings. The van der Waals surface area contributed by atoms with Crippen LogP contribution in [0.4, 0.5) is 0 Å². The lowest BCUT2D eigenvalue weighted by molar-refractivity contribution is -0.134. The van der Waals surface area contributed by atoms with Gasteiger partial charge in [0.1, 0.15) is 5.75 Å². The highest BCUT2D eigenvalue weighted by Crippen LogP contribution is 2.27. The summed E-state index contributed by atoms with van der Waals surface area (Å²) in [5, 5.41) is 9.28. The Morgan fingerprint density at radius 1 is 1.38 bits per heavy atom. The average Bonchev–Trinajstić information content (AvgIpc) is 2.48. The number of nitrogens with two attached hydrogens (primary N) is 1. The number of hydrogen-bond acceptors (Lipinski definition) is 3. The number of hydrogen-bond donors (Lipinski definition) is 2. The Balaban J connectivity index is 1.93. The summed E-state index contributed by atoms with van der Waals surface area (Å²) in [5.74, 6) is 0.932. The van der Waals surface area contributed by atoms with E-state index in [-0.39, 0.29) is 11.7 Å². The van der Waals surface area contributed by atoms with Crippen LogP contribution in [-0.4, -0.2) is 35.0 Å². The van der Waals surface area contributed by atoms with Crippen LogP contribution in [0.15, 0.2) is 24.3 Å². The maximum atomic E-state index is 12.5. The molecular weight excluding hydrogens is 264 g/mol. The number of phenolic OH excluding ortho intramolecular Hbond substituents is 1. The molecule has 1 aliphatic rings. The summed E-state index contributed by atoms with van der Waals surface area (Å²) >= 11 is 0. The third-order valence-electron chi connectivity index (χ3n) is 4.51. The molecule has 3 unspecified atom stereocenters. The van der Waals surface area contributed by atoms with E-state index in [1.807, 2.05) is 24.1 Å². The Bertz CT molecular complexity index is 472. The highest BCUT2D eigenvalue weighted by atomic mass is 16.3. The van der Waals surface area contributed by atoms with Gasteiger partial charge in [-0.15, -0.1) is 0 Å². The van der Waals surface area contributed by atoms with Gasteiger partial charge in [-0.1, -0.05) is 31.9 Å². The molecule has 1 aliphatic carbocycles. The maximum Gasteiger partial charge on any atom is 0.239 e. The van der Waals surface area contributed by atoms with Gasteiger partial charge in [-0.3, -0.25) is 4.79 Å². The minimum absolute atomic E-state index is 0.0159. The molecule has 0 bridgehead atoms. The summed E-state index contributed by atoms with van der Waals surface area (Å²) in [5.41, 5.74) is 7.05. The molecule has 0 aromatic heterocycles. The van der Waals surface area contributed by atoms with Gasteiger partial charge in [-0.25, -0.2) is 0 Å². The first-order chi connectivity index (χ1) is 9.97. The smallest absolute Gasteiger partial charge is 0.239 e. The molecule has 3 N–H and O–H groups in total. The maximum absolute atomic E-state index is 12.5. The fraction of sp³-hybridized carbons (Fsp3) is 0.588. The van der Waals surface area contributed by atoms with Crippen molar-refractivity contribution in [2.24, 2.45) is 11.7 Å². The molecule has 1 amide bonds. The third kappa shape index (κ3) is 4.21. The number of rotatable bonds is 4. The summed E-state index contributed by atoms with van der Waals surface area (Å²) in [6.07, 6.45) is 5.12. The normalized spacial score (nSPS) is 23.6. The summed E-state index contributed by atoms with van der Waals surface area (Å²) in [6.45, 7) is 2.25. The number of carbonyl (C=O) groups excluding carboxylic acids is 1. The number of likely N-dealkylation sites (N-methyl/N-ethyl adjacent to an activating group) is 1. The van der Waals surface area contributed by atoms with Gasteiger partial charge in [0.25, 0.3) is 0 Å². The second kappa shape index (κ2) is 6.94. The molecule has 3 atom stereocenters. The molecular formula is C17H26N2O2. The van der Waals surface area contributed by atoms with Crippen molar-refractivity contribution in [1.82, 2.24) is 4.90 Å². The minimum Gasteiger partial charge on any atom is -0.508 e. The van der Waals surface area contributed by atoms with Crippen molar-refractivity contribution in [3.63, 3.8) is 0 Å². The summed E-state index contributed by atoms with van der Waals surface area (Å²) in [7, 11) is 1.88. The molecule has 1 saturated carbocycles. The van der Waals surface area contributed by atoms with E-state index in [1.165, 1.54) is 12.8 Å². The highest BCUT2D eigenvalue weighted by Gasteiger charge is 2.28. The van der Waals surface area contributed by atoms with Crippen molar-refractivity contribution >= 4 is 5.91 Å². The van der Waals surface area contributed by atoms with Gasteiger partial charge in [0.2, 0.25) is 5.91 Å². The van der Waals surface area contributed by atoms with Crippen molar-refractivity contribution in [1.29, 1.82) is 0 Å². The first-order valence-electron chi connectivity index (χ1n) is 7.77. The fourth-order valence-corrected chi connectivity index (χ4v) is 3.17. The van der Waals surface area contributed by atoms with Crippen molar-refractivity contribution in [3.05, 3.63) is 29.8 Å². The van der Waals surface area contributed by atoms with Crippen LogP contribution in [-0.2, 0) is 11.2 Å². The van der Waals surface area contributed by atoms with E-state index in [2.05, 4.69) is 6.92 Å². The number of carbonyl (C=O) groups is 1. The van der Waals surface area contributed by atoms with Crippen LogP contribution in [0, 0.1) is 5.92 Å². The molecule has 0 saturated heterocycles. The van der Waals surface area contributed by atoms with E-state index in [9.17, 15) is 9.90 Å². The van der Waals surface area contributed by atoms with Gasteiger partial charge in [-0.2, -0.15) is 0 Å². The van der Waals surface area contributed by atoms with Crippen molar-refractivity contribution in [2.45, 2.75) is 51.1 Å². The van der Waals surface area contributed by atoms with Gasteiger partial charge < -0.3 is 15.7 Å². The van der Waals surface area contributed by atoms with E-state index in [1.54, 1.807) is 12.1 Å². The van der Waals surface area contributed by atoms with Gasteiger partial charge >= 0.3 is 0 Å². The van der Waals surface area contributed by atoms with Crippen LogP contribution in [0.5, 0.6) is 5.75 Å². The monoisotopic (exact) mass is 290 g/mol. The number of nitrogens with zero attached hydrogens (tertiary/aromatic N) is 1. The molecule has 1 aromatic carbocycles. The van der Waals surface area contributed by atoms with Crippen LogP contribution >= 0.6 is 0 Å². The quantitative estimate of drug-likeness (QED) is 0.894. The zero-order valence-electron chi connectivity index (χ0n) is 13.0. The van der Waals surface area contributed by atoms with Crippen LogP contribution < -0.4 is 5.73 Å². The highest BCUT2D eigenvalue weighted by molar-refractivity contribution is 5.82. The molecule has 0 radical (unpaired) electrons. The molecule has 0 spiro atoms. The van der Waals surface area contributed by atoms with E-state index in [0.717, 1.165) is 18.4 Å². The van der Waals surface area contributed by atoms with E-state index < -0.39 is 6.04 Å². The van der Waals surface area contributed by atoms with E-state index in [4.69, 9.17) is 5.73 Å². The SMILES string of the molecule is CC1CCCC(N(C)C(=O)C(N)Cc2ccc(O)cc2)C1. The van der Waals surface area contributed by atoms with Crippen LogP contribution in [0.2, 0.25) is 0 Å². The lowest BCUT2D eigenvalue weighted by Crippen LogP contribution is -2.48. The first kappa shape index (κ1) is 15.8. The summed E-state index contributed by atoms with van der Waals surface area (Å²) in [4.78, 5) is 14.3. The predicted molar refractivity (Wildman–Crippen MR) is 84.0 cm³/mol. The van der Waals surface area contributed by atoms with Crippen LogP contribution in [0.3, 0.4) is 0 Å². The van der Waals surface area contributed by atoms with Gasteiger partial charge in [0.05, 0.1) is 6.04 Å². The molecule has 116 valence electrons. The van der Waals surface area contributed by atoms with E-state index in [0.29, 0.717) is 18.4 Å². The van der Waals surface area contributed by atoms with Crippen LogP contribution in [0.1, 0.15) is 38.2 Å². The minimum atomic E-state index is -0.517. The zero-order valence-corrected chi connectivity index (χ0v) is 13.0. The second-order valence-electron chi connectivity index (χ2n) is 6.35. The fourth-order valence-electron chi connectivity index (χ4n) is 3.17. The molecule has 0 aliphatic heterocycles. The summed E-state index contributed by atoms with van der Waals surface area (Å²) < 4.78 is 0. The largest absolute Gasteiger partial charge is 0.508 e. The lowest BCUT2D eigenvalue weighted by Gasteiger charge is -2.35. The van der Waals surface area contributed by atoms with Crippen molar-refractivity contribution in [2.75, 3.05) is 7.05 Å². The topological polar surface area (TPSA) is 66.6 Å². The molecule has 4 nitrogen and oxygen atoms in total. The Morgan fingerprint density at radius 3 is 2.67 bits per heavy atom. The van der Waals surface area contributed by atoms with Gasteiger partial charge in [0, 0.05) is 13.1 Å². The predicted octanol–water partition coefficient (Wildman–Crippen LogP) is 2.30. The molecule has 4 heteroatoms. The Hall–Kier alpha value is -1.55. The standard InChI is InChI=1S/C17H26N2O2/c1-12-4-3-5-14(10-12)19(2)17(21)16(18)11-13-6-8-15(20)9-7-13/h6-9,12,14,16,20H,3-5,10-11,18H2,1-2H3.